The molecule has 0 spiro atoms. The predicted octanol–water partition coefficient (Wildman–Crippen LogP) is 2.19. The van der Waals surface area contributed by atoms with Crippen LogP contribution in [0.1, 0.15) is 5.56 Å². The minimum Gasteiger partial charge on any atom is -0.508 e. The maximum Gasteiger partial charge on any atom is 0.273 e. The van der Waals surface area contributed by atoms with E-state index in [1.165, 1.54) is 18.2 Å². The lowest BCUT2D eigenvalue weighted by atomic mass is 10.1. The van der Waals surface area contributed by atoms with E-state index >= 15 is 0 Å². The second-order valence-corrected chi connectivity index (χ2v) is 4.31. The summed E-state index contributed by atoms with van der Waals surface area (Å²) >= 11 is 0. The first kappa shape index (κ1) is 14.3. The number of hydrogen-bond acceptors (Lipinski definition) is 5. The van der Waals surface area contributed by atoms with Gasteiger partial charge in [0.15, 0.2) is 0 Å². The van der Waals surface area contributed by atoms with Crippen LogP contribution in [-0.2, 0) is 11.2 Å². The van der Waals surface area contributed by atoms with E-state index in [1.54, 1.807) is 18.2 Å². The number of para-hydroxylation sites is 1. The average molecular weight is 288 g/mol. The van der Waals surface area contributed by atoms with E-state index in [4.69, 9.17) is 0 Å². The summed E-state index contributed by atoms with van der Waals surface area (Å²) in [6.45, 7) is 0. The molecule has 0 atom stereocenters. The predicted molar refractivity (Wildman–Crippen MR) is 75.2 cm³/mol. The van der Waals surface area contributed by atoms with Gasteiger partial charge in [-0.25, -0.2) is 0 Å². The molecule has 0 radical (unpaired) electrons. The lowest BCUT2D eigenvalue weighted by Gasteiger charge is -2.08. The summed E-state index contributed by atoms with van der Waals surface area (Å²) in [7, 11) is 0. The molecule has 2 aromatic rings. The molecule has 108 valence electrons. The fourth-order valence-electron chi connectivity index (χ4n) is 1.77. The highest BCUT2D eigenvalue weighted by molar-refractivity contribution is 5.94. The standard InChI is InChI=1S/C14H12N2O5/c17-12-4-2-1-3-9(12)7-14(19)15-11-6-5-10(16(20)21)8-13(11)18/h1-6,8,17-18H,7H2,(H,15,19). The second-order valence-electron chi connectivity index (χ2n) is 4.31. The summed E-state index contributed by atoms with van der Waals surface area (Å²) in [6.07, 6.45) is -0.0803. The zero-order chi connectivity index (χ0) is 15.4. The van der Waals surface area contributed by atoms with Gasteiger partial charge in [0.2, 0.25) is 5.91 Å². The number of phenolic OH excluding ortho intramolecular Hbond substituents is 2. The highest BCUT2D eigenvalue weighted by Crippen LogP contribution is 2.28. The largest absolute Gasteiger partial charge is 0.508 e. The van der Waals surface area contributed by atoms with Crippen LogP contribution in [0.5, 0.6) is 11.5 Å². The normalized spacial score (nSPS) is 10.1. The zero-order valence-corrected chi connectivity index (χ0v) is 10.8. The molecule has 0 fully saturated rings. The van der Waals surface area contributed by atoms with Crippen LogP contribution in [0, 0.1) is 10.1 Å². The van der Waals surface area contributed by atoms with E-state index in [0.29, 0.717) is 5.56 Å². The van der Waals surface area contributed by atoms with Crippen molar-refractivity contribution in [3.05, 3.63) is 58.1 Å². The number of nitro benzene ring substituents is 1. The Bertz CT molecular complexity index is 700. The fraction of sp³-hybridized carbons (Fsp3) is 0.0714. The summed E-state index contributed by atoms with van der Waals surface area (Å²) in [5.74, 6) is -0.851. The molecule has 0 unspecified atom stereocenters. The smallest absolute Gasteiger partial charge is 0.273 e. The Labute approximate surface area is 119 Å². The van der Waals surface area contributed by atoms with Crippen LogP contribution in [0.2, 0.25) is 0 Å². The third-order valence-corrected chi connectivity index (χ3v) is 2.81. The number of phenols is 2. The molecular weight excluding hydrogens is 276 g/mol. The molecule has 2 rings (SSSR count). The number of amides is 1. The molecule has 2 aromatic carbocycles. The molecule has 0 bridgehead atoms. The number of non-ortho nitro benzene ring substituents is 1. The maximum absolute atomic E-state index is 11.8. The van der Waals surface area contributed by atoms with Crippen molar-refractivity contribution < 1.29 is 19.9 Å². The SMILES string of the molecule is O=C(Cc1ccccc1O)Nc1ccc([N+](=O)[O-])cc1O. The summed E-state index contributed by atoms with van der Waals surface area (Å²) < 4.78 is 0. The van der Waals surface area contributed by atoms with Crippen molar-refractivity contribution in [2.24, 2.45) is 0 Å². The van der Waals surface area contributed by atoms with Crippen LogP contribution in [0.3, 0.4) is 0 Å². The van der Waals surface area contributed by atoms with Crippen molar-refractivity contribution in [2.75, 3.05) is 5.32 Å². The van der Waals surface area contributed by atoms with Gasteiger partial charge in [-0.05, 0) is 12.1 Å². The minimum atomic E-state index is -0.646. The highest BCUT2D eigenvalue weighted by Gasteiger charge is 2.13. The number of carbonyl (C=O) groups excluding carboxylic acids is 1. The minimum absolute atomic E-state index is 0.000529. The lowest BCUT2D eigenvalue weighted by Crippen LogP contribution is -2.14. The van der Waals surface area contributed by atoms with Crippen LogP contribution < -0.4 is 5.32 Å². The van der Waals surface area contributed by atoms with Gasteiger partial charge in [-0.1, -0.05) is 18.2 Å². The van der Waals surface area contributed by atoms with Gasteiger partial charge in [0.25, 0.3) is 5.69 Å². The molecule has 7 nitrogen and oxygen atoms in total. The van der Waals surface area contributed by atoms with Crippen molar-refractivity contribution >= 4 is 17.3 Å². The van der Waals surface area contributed by atoms with Gasteiger partial charge in [-0.15, -0.1) is 0 Å². The van der Waals surface area contributed by atoms with E-state index in [0.717, 1.165) is 6.07 Å². The number of nitrogens with one attached hydrogen (secondary N) is 1. The van der Waals surface area contributed by atoms with E-state index in [2.05, 4.69) is 5.32 Å². The molecule has 0 aromatic heterocycles. The summed E-state index contributed by atoms with van der Waals surface area (Å²) in [6, 6.07) is 9.77. The van der Waals surface area contributed by atoms with Gasteiger partial charge in [-0.3, -0.25) is 14.9 Å². The number of carbonyl (C=O) groups is 1. The number of benzene rings is 2. The fourth-order valence-corrected chi connectivity index (χ4v) is 1.77. The van der Waals surface area contributed by atoms with Gasteiger partial charge in [0.1, 0.15) is 11.5 Å². The average Bonchev–Trinajstić information content (AvgIpc) is 2.43. The topological polar surface area (TPSA) is 113 Å². The third-order valence-electron chi connectivity index (χ3n) is 2.81. The molecule has 3 N–H and O–H groups in total. The quantitative estimate of drug-likeness (QED) is 0.453. The molecular formula is C14H12N2O5. The van der Waals surface area contributed by atoms with Gasteiger partial charge in [0.05, 0.1) is 23.1 Å². The lowest BCUT2D eigenvalue weighted by molar-refractivity contribution is -0.384. The number of nitrogens with zero attached hydrogens (tertiary/aromatic N) is 1. The monoisotopic (exact) mass is 288 g/mol. The van der Waals surface area contributed by atoms with Crippen LogP contribution in [0.15, 0.2) is 42.5 Å². The zero-order valence-electron chi connectivity index (χ0n) is 10.8. The van der Waals surface area contributed by atoms with Crippen molar-refractivity contribution in [2.45, 2.75) is 6.42 Å². The molecule has 1 amide bonds. The number of nitro groups is 1. The van der Waals surface area contributed by atoms with Gasteiger partial charge in [0, 0.05) is 11.6 Å². The molecule has 0 heterocycles. The van der Waals surface area contributed by atoms with Crippen LogP contribution in [0.4, 0.5) is 11.4 Å². The van der Waals surface area contributed by atoms with Gasteiger partial charge >= 0.3 is 0 Å². The van der Waals surface area contributed by atoms with Crippen LogP contribution >= 0.6 is 0 Å². The van der Waals surface area contributed by atoms with Crippen LogP contribution in [0.25, 0.3) is 0 Å². The van der Waals surface area contributed by atoms with Gasteiger partial charge in [-0.2, -0.15) is 0 Å². The van der Waals surface area contributed by atoms with Crippen molar-refractivity contribution in [3.63, 3.8) is 0 Å². The summed E-state index contributed by atoms with van der Waals surface area (Å²) in [5.41, 5.74) is 0.239. The highest BCUT2D eigenvalue weighted by atomic mass is 16.6. The van der Waals surface area contributed by atoms with E-state index in [9.17, 15) is 25.1 Å². The first-order valence-corrected chi connectivity index (χ1v) is 6.01. The molecule has 0 aliphatic heterocycles. The molecule has 0 aliphatic rings. The summed E-state index contributed by atoms with van der Waals surface area (Å²) in [4.78, 5) is 21.7. The maximum atomic E-state index is 11.8. The second kappa shape index (κ2) is 5.91. The number of anilines is 1. The van der Waals surface area contributed by atoms with E-state index < -0.39 is 16.6 Å². The number of rotatable bonds is 4. The molecule has 0 saturated heterocycles. The Morgan fingerprint density at radius 3 is 2.48 bits per heavy atom. The van der Waals surface area contributed by atoms with Gasteiger partial charge < -0.3 is 15.5 Å². The summed E-state index contributed by atoms with van der Waals surface area (Å²) in [5, 5.41) is 32.2. The Morgan fingerprint density at radius 2 is 1.86 bits per heavy atom. The van der Waals surface area contributed by atoms with E-state index in [1.807, 2.05) is 0 Å². The number of aromatic hydroxyl groups is 2. The molecule has 0 saturated carbocycles. The van der Waals surface area contributed by atoms with Crippen LogP contribution in [-0.4, -0.2) is 21.0 Å². The Morgan fingerprint density at radius 1 is 1.14 bits per heavy atom. The Balaban J connectivity index is 2.10. The first-order chi connectivity index (χ1) is 9.97. The van der Waals surface area contributed by atoms with Crippen molar-refractivity contribution in [3.8, 4) is 11.5 Å². The number of hydrogen-bond donors (Lipinski definition) is 3. The first-order valence-electron chi connectivity index (χ1n) is 6.01. The Hall–Kier alpha value is -3.09. The van der Waals surface area contributed by atoms with E-state index in [-0.39, 0.29) is 23.5 Å². The molecule has 21 heavy (non-hydrogen) atoms. The Kier molecular flexibility index (Phi) is 4.03. The van der Waals surface area contributed by atoms with Crippen molar-refractivity contribution in [1.29, 1.82) is 0 Å². The third kappa shape index (κ3) is 3.47. The van der Waals surface area contributed by atoms with Crippen molar-refractivity contribution in [1.82, 2.24) is 0 Å². The molecule has 7 heteroatoms. The molecule has 0 aliphatic carbocycles.